The third-order valence-corrected chi connectivity index (χ3v) is 3.49. The van der Waals surface area contributed by atoms with Crippen LogP contribution in [-0.2, 0) is 13.0 Å². The van der Waals surface area contributed by atoms with E-state index in [1.807, 2.05) is 18.2 Å². The molecular formula is C17H22N2O. The second-order valence-corrected chi connectivity index (χ2v) is 5.17. The van der Waals surface area contributed by atoms with Crippen molar-refractivity contribution in [3.63, 3.8) is 0 Å². The van der Waals surface area contributed by atoms with Gasteiger partial charge in [0.05, 0.1) is 0 Å². The smallest absolute Gasteiger partial charge is 0.219 e. The summed E-state index contributed by atoms with van der Waals surface area (Å²) < 4.78 is 5.99. The quantitative estimate of drug-likeness (QED) is 0.918. The minimum absolute atomic E-state index is 0.498. The van der Waals surface area contributed by atoms with Crippen molar-refractivity contribution in [3.8, 4) is 11.6 Å². The second-order valence-electron chi connectivity index (χ2n) is 5.17. The van der Waals surface area contributed by atoms with Gasteiger partial charge in [0.25, 0.3) is 0 Å². The number of benzene rings is 1. The highest BCUT2D eigenvalue weighted by Gasteiger charge is 2.08. The fourth-order valence-corrected chi connectivity index (χ4v) is 2.19. The van der Waals surface area contributed by atoms with Gasteiger partial charge in [-0.25, -0.2) is 4.98 Å². The van der Waals surface area contributed by atoms with Crippen LogP contribution in [0.1, 0.15) is 34.9 Å². The molecule has 2 N–H and O–H groups in total. The fraction of sp³-hybridized carbons (Fsp3) is 0.353. The van der Waals surface area contributed by atoms with E-state index in [1.54, 1.807) is 0 Å². The maximum absolute atomic E-state index is 5.99. The van der Waals surface area contributed by atoms with Crippen molar-refractivity contribution >= 4 is 0 Å². The summed E-state index contributed by atoms with van der Waals surface area (Å²) in [6, 6.07) is 8.14. The zero-order chi connectivity index (χ0) is 14.7. The highest BCUT2D eigenvalue weighted by molar-refractivity contribution is 5.44. The van der Waals surface area contributed by atoms with Crippen LogP contribution in [0.3, 0.4) is 0 Å². The van der Waals surface area contributed by atoms with Gasteiger partial charge in [0.15, 0.2) is 0 Å². The van der Waals surface area contributed by atoms with E-state index < -0.39 is 0 Å². The topological polar surface area (TPSA) is 48.1 Å². The summed E-state index contributed by atoms with van der Waals surface area (Å²) in [5, 5.41) is 0. The molecule has 0 saturated heterocycles. The van der Waals surface area contributed by atoms with Gasteiger partial charge in [-0.3, -0.25) is 0 Å². The third kappa shape index (κ3) is 3.17. The van der Waals surface area contributed by atoms with Gasteiger partial charge in [-0.2, -0.15) is 0 Å². The number of hydrogen-bond acceptors (Lipinski definition) is 3. The Morgan fingerprint density at radius 2 is 1.85 bits per heavy atom. The molecule has 2 aromatic rings. The number of ether oxygens (including phenoxy) is 1. The predicted octanol–water partition coefficient (Wildman–Crippen LogP) is 3.82. The molecule has 0 aliphatic carbocycles. The molecule has 0 spiro atoms. The summed E-state index contributed by atoms with van der Waals surface area (Å²) in [5.74, 6) is 1.49. The predicted molar refractivity (Wildman–Crippen MR) is 82.2 cm³/mol. The van der Waals surface area contributed by atoms with Gasteiger partial charge < -0.3 is 10.5 Å². The minimum atomic E-state index is 0.498. The van der Waals surface area contributed by atoms with Crippen molar-refractivity contribution in [3.05, 3.63) is 52.2 Å². The van der Waals surface area contributed by atoms with E-state index in [1.165, 1.54) is 11.1 Å². The van der Waals surface area contributed by atoms with Crippen molar-refractivity contribution < 1.29 is 4.74 Å². The number of nitrogens with zero attached hydrogens (tertiary/aromatic N) is 1. The van der Waals surface area contributed by atoms with Crippen LogP contribution in [-0.4, -0.2) is 4.98 Å². The van der Waals surface area contributed by atoms with Crippen molar-refractivity contribution in [2.45, 2.75) is 40.7 Å². The van der Waals surface area contributed by atoms with Crippen LogP contribution in [0.4, 0.5) is 0 Å². The van der Waals surface area contributed by atoms with Crippen molar-refractivity contribution in [1.82, 2.24) is 4.98 Å². The second kappa shape index (κ2) is 6.06. The lowest BCUT2D eigenvalue weighted by molar-refractivity contribution is 0.456. The number of rotatable bonds is 4. The SMILES string of the molecule is CCc1cc(CN)cc(Oc2cc(C)cc(C)c2C)n1. The van der Waals surface area contributed by atoms with Gasteiger partial charge in [0, 0.05) is 18.3 Å². The Balaban J connectivity index is 2.39. The maximum atomic E-state index is 5.99. The standard InChI is InChI=1S/C17H22N2O/c1-5-15-8-14(10-18)9-17(19-15)20-16-7-11(2)6-12(3)13(16)4/h6-9H,5,10,18H2,1-4H3. The van der Waals surface area contributed by atoms with Crippen molar-refractivity contribution in [2.24, 2.45) is 5.73 Å². The first-order chi connectivity index (χ1) is 9.53. The highest BCUT2D eigenvalue weighted by Crippen LogP contribution is 2.28. The molecule has 0 radical (unpaired) electrons. The van der Waals surface area contributed by atoms with Crippen LogP contribution in [0, 0.1) is 20.8 Å². The van der Waals surface area contributed by atoms with Crippen LogP contribution >= 0.6 is 0 Å². The van der Waals surface area contributed by atoms with Crippen LogP contribution < -0.4 is 10.5 Å². The molecule has 20 heavy (non-hydrogen) atoms. The Kier molecular flexibility index (Phi) is 4.40. The van der Waals surface area contributed by atoms with Crippen LogP contribution in [0.5, 0.6) is 11.6 Å². The molecule has 0 fully saturated rings. The number of hydrogen-bond donors (Lipinski definition) is 1. The molecule has 0 aliphatic rings. The van der Waals surface area contributed by atoms with E-state index in [0.29, 0.717) is 12.4 Å². The van der Waals surface area contributed by atoms with Gasteiger partial charge in [0.2, 0.25) is 5.88 Å². The van der Waals surface area contributed by atoms with Gasteiger partial charge in [-0.15, -0.1) is 0 Å². The fourth-order valence-electron chi connectivity index (χ4n) is 2.19. The summed E-state index contributed by atoms with van der Waals surface area (Å²) in [5.41, 5.74) is 11.3. The van der Waals surface area contributed by atoms with Crippen molar-refractivity contribution in [2.75, 3.05) is 0 Å². The van der Waals surface area contributed by atoms with E-state index in [9.17, 15) is 0 Å². The molecule has 1 aromatic heterocycles. The molecule has 1 aromatic carbocycles. The summed E-state index contributed by atoms with van der Waals surface area (Å²) >= 11 is 0. The van der Waals surface area contributed by atoms with E-state index in [-0.39, 0.29) is 0 Å². The molecule has 0 saturated carbocycles. The monoisotopic (exact) mass is 270 g/mol. The van der Waals surface area contributed by atoms with Crippen molar-refractivity contribution in [1.29, 1.82) is 0 Å². The summed E-state index contributed by atoms with van der Waals surface area (Å²) in [4.78, 5) is 4.52. The van der Waals surface area contributed by atoms with E-state index in [0.717, 1.165) is 29.0 Å². The lowest BCUT2D eigenvalue weighted by Gasteiger charge is -2.13. The lowest BCUT2D eigenvalue weighted by atomic mass is 10.1. The number of pyridine rings is 1. The summed E-state index contributed by atoms with van der Waals surface area (Å²) in [6.45, 7) is 8.81. The van der Waals surface area contributed by atoms with Gasteiger partial charge in [-0.05, 0) is 61.6 Å². The Bertz CT molecular complexity index is 598. The van der Waals surface area contributed by atoms with E-state index in [4.69, 9.17) is 10.5 Å². The Labute approximate surface area is 120 Å². The zero-order valence-corrected chi connectivity index (χ0v) is 12.7. The zero-order valence-electron chi connectivity index (χ0n) is 12.7. The molecule has 0 bridgehead atoms. The number of aryl methyl sites for hydroxylation is 3. The number of aromatic nitrogens is 1. The first-order valence-corrected chi connectivity index (χ1v) is 6.99. The molecule has 0 atom stereocenters. The number of nitrogens with two attached hydrogens (primary N) is 1. The maximum Gasteiger partial charge on any atom is 0.219 e. The molecule has 0 amide bonds. The van der Waals surface area contributed by atoms with Crippen LogP contribution in [0.15, 0.2) is 24.3 Å². The van der Waals surface area contributed by atoms with Gasteiger partial charge in [-0.1, -0.05) is 13.0 Å². The molecule has 0 aliphatic heterocycles. The average molecular weight is 270 g/mol. The molecule has 2 rings (SSSR count). The van der Waals surface area contributed by atoms with E-state index >= 15 is 0 Å². The molecule has 1 heterocycles. The Morgan fingerprint density at radius 1 is 1.10 bits per heavy atom. The lowest BCUT2D eigenvalue weighted by Crippen LogP contribution is -2.01. The first-order valence-electron chi connectivity index (χ1n) is 6.99. The molecule has 0 unspecified atom stereocenters. The Morgan fingerprint density at radius 3 is 2.50 bits per heavy atom. The molecule has 106 valence electrons. The minimum Gasteiger partial charge on any atom is -0.439 e. The van der Waals surface area contributed by atoms with Crippen LogP contribution in [0.25, 0.3) is 0 Å². The largest absolute Gasteiger partial charge is 0.439 e. The third-order valence-electron chi connectivity index (χ3n) is 3.49. The highest BCUT2D eigenvalue weighted by atomic mass is 16.5. The summed E-state index contributed by atoms with van der Waals surface area (Å²) in [6.07, 6.45) is 0.871. The molecule has 3 heteroatoms. The molecular weight excluding hydrogens is 248 g/mol. The Hall–Kier alpha value is -1.87. The van der Waals surface area contributed by atoms with E-state index in [2.05, 4.69) is 38.7 Å². The average Bonchev–Trinajstić information content (AvgIpc) is 2.43. The summed E-state index contributed by atoms with van der Waals surface area (Å²) in [7, 11) is 0. The first kappa shape index (κ1) is 14.5. The van der Waals surface area contributed by atoms with Gasteiger partial charge in [0.1, 0.15) is 5.75 Å². The van der Waals surface area contributed by atoms with Crippen LogP contribution in [0.2, 0.25) is 0 Å². The van der Waals surface area contributed by atoms with Gasteiger partial charge >= 0.3 is 0 Å². The molecule has 3 nitrogen and oxygen atoms in total. The normalized spacial score (nSPS) is 10.7.